The molecule has 0 unspecified atom stereocenters. The minimum Gasteiger partial charge on any atom is -0.383 e. The monoisotopic (exact) mass is 120 g/mol. The molecule has 0 spiro atoms. The maximum absolute atomic E-state index is 9.52. The quantitative estimate of drug-likeness (QED) is 0.153. The van der Waals surface area contributed by atoms with Crippen LogP contribution in [0.3, 0.4) is 0 Å². The fourth-order valence-electron chi connectivity index (χ4n) is 0.126. The van der Waals surface area contributed by atoms with E-state index in [2.05, 4.69) is 5.16 Å². The average Bonchev–Trinajstić information content (AvgIpc) is 1.69. The molecule has 8 heavy (non-hydrogen) atoms. The highest BCUT2D eigenvalue weighted by Crippen LogP contribution is 1.74. The third-order valence-electron chi connectivity index (χ3n) is 0.468. The van der Waals surface area contributed by atoms with Crippen molar-refractivity contribution in [2.24, 2.45) is 5.16 Å². The Labute approximate surface area is 44.2 Å². The van der Waals surface area contributed by atoms with Crippen LogP contribution in [-0.4, -0.2) is 27.7 Å². The molecule has 0 radical (unpaired) electrons. The lowest BCUT2D eigenvalue weighted by Crippen LogP contribution is -2.15. The highest BCUT2D eigenvalue weighted by atomic mass is 16.6. The van der Waals surface area contributed by atoms with E-state index < -0.39 is 17.4 Å². The lowest BCUT2D eigenvalue weighted by atomic mass is 10.7. The van der Waals surface area contributed by atoms with Crippen molar-refractivity contribution in [3.63, 3.8) is 0 Å². The number of nitro groups is 1. The molecule has 2 N–H and O–H groups in total. The van der Waals surface area contributed by atoms with Crippen LogP contribution >= 0.6 is 0 Å². The van der Waals surface area contributed by atoms with Crippen LogP contribution in [0.4, 0.5) is 0 Å². The van der Waals surface area contributed by atoms with Gasteiger partial charge >= 0.3 is 5.84 Å². The predicted octanol–water partition coefficient (Wildman–Crippen LogP) is -0.957. The first-order valence-electron chi connectivity index (χ1n) is 1.68. The molecule has 0 aromatic heterocycles. The Morgan fingerprint density at radius 2 is 2.38 bits per heavy atom. The maximum atomic E-state index is 9.52. The van der Waals surface area contributed by atoms with Crippen LogP contribution in [0.2, 0.25) is 0 Å². The normalized spacial score (nSPS) is 11.4. The molecule has 0 aliphatic carbocycles. The smallest absolute Gasteiger partial charge is 0.383 e. The van der Waals surface area contributed by atoms with E-state index in [1.54, 1.807) is 0 Å². The molecule has 0 aliphatic heterocycles. The zero-order valence-corrected chi connectivity index (χ0v) is 3.81. The first-order valence-corrected chi connectivity index (χ1v) is 1.68. The van der Waals surface area contributed by atoms with Crippen LogP contribution in [0.1, 0.15) is 0 Å². The summed E-state index contributed by atoms with van der Waals surface area (Å²) in [6, 6.07) is 0. The van der Waals surface area contributed by atoms with Crippen molar-refractivity contribution in [2.45, 2.75) is 0 Å². The number of aliphatic hydroxyl groups is 1. The van der Waals surface area contributed by atoms with Crippen molar-refractivity contribution in [3.8, 4) is 0 Å². The molecule has 0 amide bonds. The minimum atomic E-state index is -0.972. The molecular weight excluding hydrogens is 116 g/mol. The van der Waals surface area contributed by atoms with Gasteiger partial charge in [0, 0.05) is 0 Å². The van der Waals surface area contributed by atoms with E-state index in [4.69, 9.17) is 10.3 Å². The van der Waals surface area contributed by atoms with Crippen LogP contribution in [0.15, 0.2) is 5.16 Å². The molecule has 0 rings (SSSR count). The standard InChI is InChI=1S/C2H4N2O4/c5-1-2(3-6)4(7)8/h5-6H,1H2. The molecule has 0 aromatic rings. The van der Waals surface area contributed by atoms with E-state index in [0.717, 1.165) is 0 Å². The maximum Gasteiger partial charge on any atom is 0.410 e. The topological polar surface area (TPSA) is 96.0 Å². The molecule has 0 saturated heterocycles. The van der Waals surface area contributed by atoms with E-state index in [9.17, 15) is 10.1 Å². The summed E-state index contributed by atoms with van der Waals surface area (Å²) in [5.74, 6) is -0.856. The van der Waals surface area contributed by atoms with Crippen molar-refractivity contribution in [3.05, 3.63) is 10.1 Å². The third kappa shape index (κ3) is 1.52. The van der Waals surface area contributed by atoms with Crippen molar-refractivity contribution in [1.29, 1.82) is 0 Å². The molecule has 6 nitrogen and oxygen atoms in total. The summed E-state index contributed by atoms with van der Waals surface area (Å²) in [5, 5.41) is 27.3. The van der Waals surface area contributed by atoms with Crippen LogP contribution in [-0.2, 0) is 0 Å². The average molecular weight is 120 g/mol. The van der Waals surface area contributed by atoms with Crippen molar-refractivity contribution >= 4 is 5.84 Å². The molecule has 0 fully saturated rings. The van der Waals surface area contributed by atoms with Gasteiger partial charge in [-0.25, -0.2) is 0 Å². The van der Waals surface area contributed by atoms with Gasteiger partial charge in [0.05, 0.1) is 0 Å². The van der Waals surface area contributed by atoms with Gasteiger partial charge in [-0.15, -0.1) is 0 Å². The fourth-order valence-corrected chi connectivity index (χ4v) is 0.126. The van der Waals surface area contributed by atoms with Gasteiger partial charge in [-0.1, -0.05) is 0 Å². The van der Waals surface area contributed by atoms with Crippen molar-refractivity contribution in [2.75, 3.05) is 6.61 Å². The first-order chi connectivity index (χ1) is 3.72. The van der Waals surface area contributed by atoms with Gasteiger partial charge in [0.1, 0.15) is 0 Å². The Kier molecular flexibility index (Phi) is 2.49. The number of aliphatic hydroxyl groups excluding tert-OH is 1. The molecule has 0 heterocycles. The molecule has 6 heteroatoms. The summed E-state index contributed by atoms with van der Waals surface area (Å²) >= 11 is 0. The second-order valence-electron chi connectivity index (χ2n) is 0.931. The molecule has 0 aromatic carbocycles. The highest BCUT2D eigenvalue weighted by molar-refractivity contribution is 5.74. The Morgan fingerprint density at radius 1 is 1.88 bits per heavy atom. The van der Waals surface area contributed by atoms with Crippen LogP contribution in [0, 0.1) is 10.1 Å². The largest absolute Gasteiger partial charge is 0.410 e. The number of hydrogen-bond acceptors (Lipinski definition) is 5. The second kappa shape index (κ2) is 2.92. The summed E-state index contributed by atoms with van der Waals surface area (Å²) < 4.78 is 0. The van der Waals surface area contributed by atoms with Crippen LogP contribution in [0.25, 0.3) is 0 Å². The van der Waals surface area contributed by atoms with E-state index in [-0.39, 0.29) is 0 Å². The van der Waals surface area contributed by atoms with Gasteiger partial charge in [-0.2, -0.15) is 0 Å². The minimum absolute atomic E-state index is 0.856. The van der Waals surface area contributed by atoms with E-state index in [0.29, 0.717) is 0 Å². The lowest BCUT2D eigenvalue weighted by Gasteiger charge is -1.87. The zero-order valence-electron chi connectivity index (χ0n) is 3.81. The van der Waals surface area contributed by atoms with Crippen molar-refractivity contribution < 1.29 is 15.2 Å². The summed E-state index contributed by atoms with van der Waals surface area (Å²) in [6.07, 6.45) is 0. The number of oxime groups is 1. The van der Waals surface area contributed by atoms with Crippen molar-refractivity contribution in [1.82, 2.24) is 0 Å². The number of rotatable bonds is 1. The summed E-state index contributed by atoms with van der Waals surface area (Å²) in [7, 11) is 0. The highest BCUT2D eigenvalue weighted by Gasteiger charge is 2.08. The summed E-state index contributed by atoms with van der Waals surface area (Å²) in [4.78, 5) is 8.54. The number of hydrogen-bond donors (Lipinski definition) is 2. The van der Waals surface area contributed by atoms with E-state index in [1.165, 1.54) is 0 Å². The van der Waals surface area contributed by atoms with Gasteiger partial charge in [-0.05, 0) is 4.92 Å². The zero-order chi connectivity index (χ0) is 6.57. The molecule has 0 atom stereocenters. The van der Waals surface area contributed by atoms with E-state index in [1.807, 2.05) is 0 Å². The Hall–Kier alpha value is -1.17. The lowest BCUT2D eigenvalue weighted by molar-refractivity contribution is -0.356. The number of nitrogens with zero attached hydrogens (tertiary/aromatic N) is 2. The van der Waals surface area contributed by atoms with Gasteiger partial charge in [0.15, 0.2) is 11.8 Å². The van der Waals surface area contributed by atoms with Gasteiger partial charge in [-0.3, -0.25) is 0 Å². The predicted molar refractivity (Wildman–Crippen MR) is 23.3 cm³/mol. The molecule has 46 valence electrons. The van der Waals surface area contributed by atoms with Gasteiger partial charge in [0.25, 0.3) is 0 Å². The fraction of sp³-hybridized carbons (Fsp3) is 0.500. The SMILES string of the molecule is O=[N+]([O-])C(CO)=NO. The Bertz CT molecular complexity index is 119. The van der Waals surface area contributed by atoms with Crippen LogP contribution < -0.4 is 0 Å². The molecule has 0 saturated carbocycles. The number of amidine groups is 1. The molecule has 0 bridgehead atoms. The third-order valence-corrected chi connectivity index (χ3v) is 0.468. The van der Waals surface area contributed by atoms with E-state index >= 15 is 0 Å². The molecule has 0 aliphatic rings. The summed E-state index contributed by atoms with van der Waals surface area (Å²) in [6.45, 7) is -0.858. The Balaban J connectivity index is 3.92. The van der Waals surface area contributed by atoms with Gasteiger partial charge in [0.2, 0.25) is 0 Å². The molecular formula is C2H4N2O4. The van der Waals surface area contributed by atoms with Gasteiger partial charge < -0.3 is 20.4 Å². The summed E-state index contributed by atoms with van der Waals surface area (Å²) in [5.41, 5.74) is 0. The Morgan fingerprint density at radius 3 is 2.38 bits per heavy atom. The first kappa shape index (κ1) is 6.83. The van der Waals surface area contributed by atoms with Crippen LogP contribution in [0.5, 0.6) is 0 Å². The second-order valence-corrected chi connectivity index (χ2v) is 0.931.